The monoisotopic (exact) mass is 308 g/mol. The van der Waals surface area contributed by atoms with Gasteiger partial charge in [0.1, 0.15) is 0 Å². The summed E-state index contributed by atoms with van der Waals surface area (Å²) in [6, 6.07) is 5.16. The van der Waals surface area contributed by atoms with E-state index in [1.807, 2.05) is 13.8 Å². The Bertz CT molecular complexity index is 487. The van der Waals surface area contributed by atoms with Crippen LogP contribution in [0.5, 0.6) is 11.5 Å². The number of carbonyl (C=O) groups excluding carboxylic acids is 1. The van der Waals surface area contributed by atoms with Gasteiger partial charge in [0, 0.05) is 18.2 Å². The Balaban J connectivity index is 2.85. The number of hydrogen-bond donors (Lipinski definition) is 2. The number of nitrogens with two attached hydrogens (primary N) is 1. The van der Waals surface area contributed by atoms with Crippen molar-refractivity contribution in [3.63, 3.8) is 0 Å². The summed E-state index contributed by atoms with van der Waals surface area (Å²) in [5, 5.41) is 2.97. The van der Waals surface area contributed by atoms with Gasteiger partial charge in [0.05, 0.1) is 13.2 Å². The van der Waals surface area contributed by atoms with Crippen LogP contribution in [0.1, 0.15) is 44.5 Å². The number of amides is 1. The lowest BCUT2D eigenvalue weighted by atomic mass is 10.0. The lowest BCUT2D eigenvalue weighted by Crippen LogP contribution is -2.41. The third kappa shape index (κ3) is 5.56. The summed E-state index contributed by atoms with van der Waals surface area (Å²) in [5.41, 5.74) is 6.26. The van der Waals surface area contributed by atoms with Crippen LogP contribution in [0.2, 0.25) is 0 Å². The van der Waals surface area contributed by atoms with Crippen LogP contribution in [0, 0.1) is 5.92 Å². The highest BCUT2D eigenvalue weighted by Crippen LogP contribution is 2.29. The topological polar surface area (TPSA) is 73.6 Å². The second-order valence-electron chi connectivity index (χ2n) is 6.07. The Hall–Kier alpha value is -1.75. The first kappa shape index (κ1) is 18.3. The maximum Gasteiger partial charge on any atom is 0.251 e. The molecule has 5 heteroatoms. The van der Waals surface area contributed by atoms with Gasteiger partial charge < -0.3 is 20.5 Å². The van der Waals surface area contributed by atoms with Gasteiger partial charge in [-0.25, -0.2) is 0 Å². The van der Waals surface area contributed by atoms with Crippen LogP contribution in [0.15, 0.2) is 18.2 Å². The summed E-state index contributed by atoms with van der Waals surface area (Å²) < 4.78 is 11.0. The van der Waals surface area contributed by atoms with E-state index < -0.39 is 0 Å². The zero-order chi connectivity index (χ0) is 16.7. The van der Waals surface area contributed by atoms with Gasteiger partial charge in [-0.2, -0.15) is 0 Å². The lowest BCUT2D eigenvalue weighted by molar-refractivity contribution is 0.0933. The van der Waals surface area contributed by atoms with Gasteiger partial charge in [0.25, 0.3) is 5.91 Å². The van der Waals surface area contributed by atoms with Crippen LogP contribution in [0.4, 0.5) is 0 Å². The number of methoxy groups -OCH3 is 1. The van der Waals surface area contributed by atoms with E-state index in [2.05, 4.69) is 19.2 Å². The molecule has 0 radical (unpaired) electrons. The predicted octanol–water partition coefficient (Wildman–Crippen LogP) is 2.59. The molecule has 0 aliphatic rings. The molecule has 22 heavy (non-hydrogen) atoms. The van der Waals surface area contributed by atoms with E-state index in [0.29, 0.717) is 29.5 Å². The maximum absolute atomic E-state index is 12.3. The molecule has 0 bridgehead atoms. The van der Waals surface area contributed by atoms with Gasteiger partial charge in [-0.05, 0) is 44.4 Å². The molecule has 0 aliphatic carbocycles. The molecule has 1 atom stereocenters. The number of hydrogen-bond acceptors (Lipinski definition) is 4. The largest absolute Gasteiger partial charge is 0.493 e. The van der Waals surface area contributed by atoms with Crippen molar-refractivity contribution in [1.29, 1.82) is 0 Å². The fraction of sp³-hybridized carbons (Fsp3) is 0.588. The average molecular weight is 308 g/mol. The van der Waals surface area contributed by atoms with Crippen LogP contribution in [0.25, 0.3) is 0 Å². The van der Waals surface area contributed by atoms with E-state index in [-0.39, 0.29) is 18.1 Å². The summed E-state index contributed by atoms with van der Waals surface area (Å²) in [6.07, 6.45) is 0.898. The van der Waals surface area contributed by atoms with Crippen molar-refractivity contribution < 1.29 is 14.3 Å². The van der Waals surface area contributed by atoms with E-state index in [0.717, 1.165) is 6.42 Å². The molecular weight excluding hydrogens is 280 g/mol. The van der Waals surface area contributed by atoms with Crippen molar-refractivity contribution >= 4 is 5.91 Å². The molecule has 0 aromatic heterocycles. The van der Waals surface area contributed by atoms with Crippen molar-refractivity contribution in [3.05, 3.63) is 23.8 Å². The zero-order valence-electron chi connectivity index (χ0n) is 14.2. The molecule has 0 aliphatic heterocycles. The molecule has 124 valence electrons. The third-order valence-electron chi connectivity index (χ3n) is 3.16. The van der Waals surface area contributed by atoms with Gasteiger partial charge in [0.2, 0.25) is 0 Å². The van der Waals surface area contributed by atoms with Crippen LogP contribution in [0.3, 0.4) is 0 Å². The average Bonchev–Trinajstić information content (AvgIpc) is 2.45. The second kappa shape index (κ2) is 8.63. The van der Waals surface area contributed by atoms with Gasteiger partial charge in [-0.15, -0.1) is 0 Å². The standard InChI is InChI=1S/C17H28N2O3/c1-11(2)8-14(10-18)19-17(20)13-6-7-15(22-12(3)4)16(9-13)21-5/h6-7,9,11-12,14H,8,10,18H2,1-5H3,(H,19,20). The van der Waals surface area contributed by atoms with Crippen molar-refractivity contribution in [1.82, 2.24) is 5.32 Å². The van der Waals surface area contributed by atoms with E-state index in [4.69, 9.17) is 15.2 Å². The molecule has 1 rings (SSSR count). The Morgan fingerprint density at radius 1 is 1.23 bits per heavy atom. The lowest BCUT2D eigenvalue weighted by Gasteiger charge is -2.19. The first-order valence-corrected chi connectivity index (χ1v) is 7.73. The highest BCUT2D eigenvalue weighted by molar-refractivity contribution is 5.95. The number of ether oxygens (including phenoxy) is 2. The van der Waals surface area contributed by atoms with Crippen molar-refractivity contribution in [2.45, 2.75) is 46.3 Å². The minimum atomic E-state index is -0.148. The molecule has 0 saturated carbocycles. The summed E-state index contributed by atoms with van der Waals surface area (Å²) in [7, 11) is 1.56. The molecule has 0 fully saturated rings. The fourth-order valence-electron chi connectivity index (χ4n) is 2.21. The molecule has 1 amide bonds. The Morgan fingerprint density at radius 3 is 2.41 bits per heavy atom. The predicted molar refractivity (Wildman–Crippen MR) is 88.5 cm³/mol. The molecule has 0 heterocycles. The fourth-order valence-corrected chi connectivity index (χ4v) is 2.21. The molecular formula is C17H28N2O3. The Labute approximate surface area is 133 Å². The summed E-state index contributed by atoms with van der Waals surface area (Å²) in [4.78, 5) is 12.3. The van der Waals surface area contributed by atoms with Gasteiger partial charge in [0.15, 0.2) is 11.5 Å². The minimum Gasteiger partial charge on any atom is -0.493 e. The molecule has 1 aromatic rings. The Morgan fingerprint density at radius 2 is 1.91 bits per heavy atom. The quantitative estimate of drug-likeness (QED) is 0.774. The Kier molecular flexibility index (Phi) is 7.18. The van der Waals surface area contributed by atoms with Crippen LogP contribution < -0.4 is 20.5 Å². The van der Waals surface area contributed by atoms with Crippen molar-refractivity contribution in [2.24, 2.45) is 11.7 Å². The van der Waals surface area contributed by atoms with Crippen LogP contribution in [-0.2, 0) is 0 Å². The second-order valence-corrected chi connectivity index (χ2v) is 6.07. The normalized spacial score (nSPS) is 12.4. The van der Waals surface area contributed by atoms with Crippen LogP contribution in [-0.4, -0.2) is 31.7 Å². The minimum absolute atomic E-state index is 0.0231. The number of nitrogens with one attached hydrogen (secondary N) is 1. The highest BCUT2D eigenvalue weighted by atomic mass is 16.5. The molecule has 1 unspecified atom stereocenters. The highest BCUT2D eigenvalue weighted by Gasteiger charge is 2.16. The van der Waals surface area contributed by atoms with Crippen LogP contribution >= 0.6 is 0 Å². The first-order valence-electron chi connectivity index (χ1n) is 7.73. The molecule has 1 aromatic carbocycles. The number of rotatable bonds is 8. The summed E-state index contributed by atoms with van der Waals surface area (Å²) in [5.74, 6) is 1.51. The molecule has 5 nitrogen and oxygen atoms in total. The zero-order valence-corrected chi connectivity index (χ0v) is 14.2. The van der Waals surface area contributed by atoms with E-state index in [9.17, 15) is 4.79 Å². The van der Waals surface area contributed by atoms with E-state index >= 15 is 0 Å². The van der Waals surface area contributed by atoms with E-state index in [1.54, 1.807) is 25.3 Å². The molecule has 0 saturated heterocycles. The first-order chi connectivity index (χ1) is 10.4. The summed E-state index contributed by atoms with van der Waals surface area (Å²) in [6.45, 7) is 8.52. The van der Waals surface area contributed by atoms with Gasteiger partial charge >= 0.3 is 0 Å². The third-order valence-corrected chi connectivity index (χ3v) is 3.16. The smallest absolute Gasteiger partial charge is 0.251 e. The van der Waals surface area contributed by atoms with Gasteiger partial charge in [-0.3, -0.25) is 4.79 Å². The number of benzene rings is 1. The van der Waals surface area contributed by atoms with Crippen molar-refractivity contribution in [2.75, 3.05) is 13.7 Å². The molecule has 0 spiro atoms. The summed E-state index contributed by atoms with van der Waals surface area (Å²) >= 11 is 0. The van der Waals surface area contributed by atoms with Gasteiger partial charge in [-0.1, -0.05) is 13.8 Å². The maximum atomic E-state index is 12.3. The SMILES string of the molecule is COc1cc(C(=O)NC(CN)CC(C)C)ccc1OC(C)C. The number of carbonyl (C=O) groups is 1. The van der Waals surface area contributed by atoms with E-state index in [1.165, 1.54) is 0 Å². The molecule has 3 N–H and O–H groups in total. The van der Waals surface area contributed by atoms with Crippen molar-refractivity contribution in [3.8, 4) is 11.5 Å².